The van der Waals surface area contributed by atoms with Crippen LogP contribution in [0.1, 0.15) is 0 Å². The van der Waals surface area contributed by atoms with E-state index in [0.717, 1.165) is 0 Å². The number of amides is 1. The van der Waals surface area contributed by atoms with Crippen molar-refractivity contribution in [3.63, 3.8) is 0 Å². The Morgan fingerprint density at radius 2 is 1.93 bits per heavy atom. The van der Waals surface area contributed by atoms with Crippen LogP contribution in [0.15, 0.2) is 29.2 Å². The van der Waals surface area contributed by atoms with Crippen LogP contribution in [0.4, 0.5) is 5.69 Å². The standard InChI is InChI=1S/C8H7Cl2NO3S/c9-5-8(12)11-6-3-1-2-4-7(6)15(10,13)14/h1-4H,5H2,(H,11,12). The van der Waals surface area contributed by atoms with Crippen molar-refractivity contribution in [2.75, 3.05) is 11.2 Å². The minimum absolute atomic E-state index is 0.123. The van der Waals surface area contributed by atoms with Gasteiger partial charge in [0.25, 0.3) is 9.05 Å². The third-order valence-corrected chi connectivity index (χ3v) is 3.17. The molecule has 0 heterocycles. The van der Waals surface area contributed by atoms with Gasteiger partial charge in [-0.2, -0.15) is 0 Å². The van der Waals surface area contributed by atoms with E-state index in [0.29, 0.717) is 0 Å². The van der Waals surface area contributed by atoms with Crippen LogP contribution in [-0.2, 0) is 13.8 Å². The van der Waals surface area contributed by atoms with E-state index in [4.69, 9.17) is 22.3 Å². The van der Waals surface area contributed by atoms with Crippen molar-refractivity contribution in [1.29, 1.82) is 0 Å². The lowest BCUT2D eigenvalue weighted by Gasteiger charge is -2.06. The van der Waals surface area contributed by atoms with Crippen LogP contribution < -0.4 is 5.32 Å². The first-order valence-electron chi connectivity index (χ1n) is 3.84. The highest BCUT2D eigenvalue weighted by Crippen LogP contribution is 2.24. The second-order valence-electron chi connectivity index (χ2n) is 2.62. The van der Waals surface area contributed by atoms with Crippen LogP contribution in [0.25, 0.3) is 0 Å². The SMILES string of the molecule is O=C(CCl)Nc1ccccc1S(=O)(=O)Cl. The van der Waals surface area contributed by atoms with Gasteiger partial charge >= 0.3 is 0 Å². The minimum atomic E-state index is -3.87. The zero-order valence-corrected chi connectivity index (χ0v) is 9.73. The van der Waals surface area contributed by atoms with Crippen LogP contribution in [-0.4, -0.2) is 20.2 Å². The average molecular weight is 268 g/mol. The topological polar surface area (TPSA) is 63.2 Å². The summed E-state index contributed by atoms with van der Waals surface area (Å²) >= 11 is 5.27. The third kappa shape index (κ3) is 3.37. The molecule has 0 aromatic heterocycles. The van der Waals surface area contributed by atoms with Crippen molar-refractivity contribution in [3.8, 4) is 0 Å². The van der Waals surface area contributed by atoms with Gasteiger partial charge < -0.3 is 5.32 Å². The molecule has 1 N–H and O–H groups in total. The summed E-state index contributed by atoms with van der Waals surface area (Å²) in [4.78, 5) is 10.8. The molecule has 0 spiro atoms. The molecule has 0 aliphatic rings. The maximum atomic E-state index is 11.1. The average Bonchev–Trinajstić information content (AvgIpc) is 2.17. The molecule has 0 fully saturated rings. The Balaban J connectivity index is 3.13. The monoisotopic (exact) mass is 267 g/mol. The normalized spacial score (nSPS) is 11.1. The molecule has 0 saturated heterocycles. The molecule has 1 rings (SSSR count). The second-order valence-corrected chi connectivity index (χ2v) is 5.42. The first kappa shape index (κ1) is 12.3. The van der Waals surface area contributed by atoms with Crippen molar-refractivity contribution in [1.82, 2.24) is 0 Å². The molecule has 4 nitrogen and oxygen atoms in total. The van der Waals surface area contributed by atoms with Crippen molar-refractivity contribution in [3.05, 3.63) is 24.3 Å². The summed E-state index contributed by atoms with van der Waals surface area (Å²) in [5, 5.41) is 2.33. The van der Waals surface area contributed by atoms with Gasteiger partial charge in [-0.05, 0) is 12.1 Å². The van der Waals surface area contributed by atoms with Crippen molar-refractivity contribution < 1.29 is 13.2 Å². The van der Waals surface area contributed by atoms with Gasteiger partial charge in [0.15, 0.2) is 0 Å². The fourth-order valence-corrected chi connectivity index (χ4v) is 2.06. The Labute approximate surface area is 96.6 Å². The molecule has 0 aliphatic heterocycles. The van der Waals surface area contributed by atoms with E-state index in [1.165, 1.54) is 18.2 Å². The van der Waals surface area contributed by atoms with Gasteiger partial charge in [0.1, 0.15) is 10.8 Å². The molecular weight excluding hydrogens is 261 g/mol. The maximum absolute atomic E-state index is 11.1. The van der Waals surface area contributed by atoms with Gasteiger partial charge in [-0.25, -0.2) is 8.42 Å². The van der Waals surface area contributed by atoms with E-state index in [1.807, 2.05) is 0 Å². The summed E-state index contributed by atoms with van der Waals surface area (Å²) in [6.07, 6.45) is 0. The predicted molar refractivity (Wildman–Crippen MR) is 58.8 cm³/mol. The lowest BCUT2D eigenvalue weighted by molar-refractivity contribution is -0.113. The Hall–Kier alpha value is -0.780. The largest absolute Gasteiger partial charge is 0.324 e. The van der Waals surface area contributed by atoms with Crippen molar-refractivity contribution in [2.24, 2.45) is 0 Å². The van der Waals surface area contributed by atoms with E-state index in [9.17, 15) is 13.2 Å². The first-order chi connectivity index (χ1) is 6.95. The number of carbonyl (C=O) groups excluding carboxylic acids is 1. The number of rotatable bonds is 3. The van der Waals surface area contributed by atoms with Crippen molar-refractivity contribution in [2.45, 2.75) is 4.90 Å². The van der Waals surface area contributed by atoms with E-state index >= 15 is 0 Å². The number of benzene rings is 1. The van der Waals surface area contributed by atoms with Crippen molar-refractivity contribution >= 4 is 42.9 Å². The van der Waals surface area contributed by atoms with Crippen LogP contribution in [0.5, 0.6) is 0 Å². The highest BCUT2D eigenvalue weighted by atomic mass is 35.7. The summed E-state index contributed by atoms with van der Waals surface area (Å²) in [6.45, 7) is 0. The number of hydrogen-bond donors (Lipinski definition) is 1. The number of carbonyl (C=O) groups is 1. The number of anilines is 1. The highest BCUT2D eigenvalue weighted by molar-refractivity contribution is 8.13. The van der Waals surface area contributed by atoms with E-state index in [1.54, 1.807) is 6.07 Å². The first-order valence-corrected chi connectivity index (χ1v) is 6.69. The Morgan fingerprint density at radius 1 is 1.33 bits per heavy atom. The van der Waals surface area contributed by atoms with E-state index < -0.39 is 15.0 Å². The lowest BCUT2D eigenvalue weighted by Crippen LogP contribution is -2.14. The summed E-state index contributed by atoms with van der Waals surface area (Å²) < 4.78 is 22.2. The van der Waals surface area contributed by atoms with Crippen LogP contribution in [0.2, 0.25) is 0 Å². The van der Waals surface area contributed by atoms with Gasteiger partial charge in [0.2, 0.25) is 5.91 Å². The molecule has 0 aliphatic carbocycles. The minimum Gasteiger partial charge on any atom is -0.324 e. The summed E-state index contributed by atoms with van der Waals surface area (Å²) in [5.41, 5.74) is 0.123. The Bertz CT molecular complexity index is 473. The number of para-hydroxylation sites is 1. The zero-order chi connectivity index (χ0) is 11.5. The molecule has 0 saturated carbocycles. The number of alkyl halides is 1. The number of nitrogens with one attached hydrogen (secondary N) is 1. The highest BCUT2D eigenvalue weighted by Gasteiger charge is 2.15. The Morgan fingerprint density at radius 3 is 2.47 bits per heavy atom. The molecular formula is C8H7Cl2NO3S. The molecule has 15 heavy (non-hydrogen) atoms. The van der Waals surface area contributed by atoms with E-state index in [2.05, 4.69) is 5.32 Å². The molecule has 0 unspecified atom stereocenters. The van der Waals surface area contributed by atoms with Crippen LogP contribution >= 0.6 is 22.3 Å². The van der Waals surface area contributed by atoms with Crippen LogP contribution in [0, 0.1) is 0 Å². The van der Waals surface area contributed by atoms with Gasteiger partial charge in [-0.15, -0.1) is 11.6 Å². The lowest BCUT2D eigenvalue weighted by atomic mass is 10.3. The molecule has 0 bridgehead atoms. The fourth-order valence-electron chi connectivity index (χ4n) is 0.966. The molecule has 1 aromatic carbocycles. The van der Waals surface area contributed by atoms with Gasteiger partial charge in [0.05, 0.1) is 5.69 Å². The molecule has 1 aromatic rings. The smallest absolute Gasteiger partial charge is 0.263 e. The molecule has 0 radical (unpaired) electrons. The van der Waals surface area contributed by atoms with E-state index in [-0.39, 0.29) is 16.5 Å². The summed E-state index contributed by atoms with van der Waals surface area (Å²) in [6, 6.07) is 5.81. The molecule has 1 amide bonds. The summed E-state index contributed by atoms with van der Waals surface area (Å²) in [7, 11) is 1.31. The fraction of sp³-hybridized carbons (Fsp3) is 0.125. The number of halogens is 2. The molecule has 0 atom stereocenters. The Kier molecular flexibility index (Phi) is 3.96. The zero-order valence-electron chi connectivity index (χ0n) is 7.41. The predicted octanol–water partition coefficient (Wildman–Crippen LogP) is 1.79. The van der Waals surface area contributed by atoms with Crippen LogP contribution in [0.3, 0.4) is 0 Å². The van der Waals surface area contributed by atoms with Gasteiger partial charge in [0, 0.05) is 10.7 Å². The van der Waals surface area contributed by atoms with Gasteiger partial charge in [-0.1, -0.05) is 12.1 Å². The number of hydrogen-bond acceptors (Lipinski definition) is 3. The second kappa shape index (κ2) is 4.83. The van der Waals surface area contributed by atoms with Gasteiger partial charge in [-0.3, -0.25) is 4.79 Å². The third-order valence-electron chi connectivity index (χ3n) is 1.55. The maximum Gasteiger partial charge on any atom is 0.263 e. The summed E-state index contributed by atoms with van der Waals surface area (Å²) in [5.74, 6) is -0.749. The quantitative estimate of drug-likeness (QED) is 0.671. The molecule has 82 valence electrons. The molecule has 7 heteroatoms.